The quantitative estimate of drug-likeness (QED) is 0.629. The maximum Gasteiger partial charge on any atom is 0.317 e. The number of piperazine rings is 1. The predicted octanol–water partition coefficient (Wildman–Crippen LogP) is -0.193. The van der Waals surface area contributed by atoms with Crippen LogP contribution in [0, 0.1) is 5.41 Å². The first-order chi connectivity index (χ1) is 9.42. The number of nitrogens with one attached hydrogen (secondary N) is 1. The zero-order valence-corrected chi connectivity index (χ0v) is 12.3. The van der Waals surface area contributed by atoms with Gasteiger partial charge in [-0.2, -0.15) is 0 Å². The van der Waals surface area contributed by atoms with Crippen molar-refractivity contribution in [3.8, 4) is 0 Å². The SMILES string of the molecule is CCC(C)(CNC(=O)N1CCN(CCO)CC1)C(=O)O. The van der Waals surface area contributed by atoms with Gasteiger partial charge in [0, 0.05) is 39.3 Å². The second-order valence-electron chi connectivity index (χ2n) is 5.43. The molecule has 1 aliphatic heterocycles. The van der Waals surface area contributed by atoms with E-state index in [4.69, 9.17) is 10.2 Å². The van der Waals surface area contributed by atoms with E-state index in [1.165, 1.54) is 0 Å². The molecular weight excluding hydrogens is 262 g/mol. The zero-order chi connectivity index (χ0) is 15.2. The Balaban J connectivity index is 2.39. The van der Waals surface area contributed by atoms with Crippen LogP contribution < -0.4 is 5.32 Å². The standard InChI is InChI=1S/C13H25N3O4/c1-3-13(2,11(18)19)10-14-12(20)16-6-4-15(5-7-16)8-9-17/h17H,3-10H2,1-2H3,(H,14,20)(H,18,19). The van der Waals surface area contributed by atoms with Crippen molar-refractivity contribution in [3.05, 3.63) is 0 Å². The Morgan fingerprint density at radius 2 is 1.85 bits per heavy atom. The highest BCUT2D eigenvalue weighted by Crippen LogP contribution is 2.20. The smallest absolute Gasteiger partial charge is 0.317 e. The van der Waals surface area contributed by atoms with Crippen LogP contribution >= 0.6 is 0 Å². The number of aliphatic hydroxyl groups is 1. The summed E-state index contributed by atoms with van der Waals surface area (Å²) >= 11 is 0. The van der Waals surface area contributed by atoms with Crippen LogP contribution in [-0.4, -0.2) is 77.9 Å². The van der Waals surface area contributed by atoms with E-state index >= 15 is 0 Å². The molecule has 1 saturated heterocycles. The summed E-state index contributed by atoms with van der Waals surface area (Å²) in [7, 11) is 0. The molecule has 0 aromatic carbocycles. The number of amides is 2. The summed E-state index contributed by atoms with van der Waals surface area (Å²) in [6, 6.07) is -0.213. The molecule has 0 aromatic heterocycles. The Bertz CT molecular complexity index is 343. The summed E-state index contributed by atoms with van der Waals surface area (Å²) in [5.41, 5.74) is -0.922. The molecule has 1 heterocycles. The first-order valence-corrected chi connectivity index (χ1v) is 7.02. The molecule has 0 aromatic rings. The van der Waals surface area contributed by atoms with Gasteiger partial charge in [0.05, 0.1) is 12.0 Å². The number of β-amino-alcohol motifs (C(OH)–C–C–N with tert-alkyl or cyclic N) is 1. The predicted molar refractivity (Wildman–Crippen MR) is 74.5 cm³/mol. The van der Waals surface area contributed by atoms with E-state index in [1.807, 2.05) is 0 Å². The van der Waals surface area contributed by atoms with Crippen LogP contribution in [0.5, 0.6) is 0 Å². The third kappa shape index (κ3) is 4.35. The molecule has 0 spiro atoms. The lowest BCUT2D eigenvalue weighted by atomic mass is 9.88. The van der Waals surface area contributed by atoms with Gasteiger partial charge in [-0.25, -0.2) is 4.79 Å². The topological polar surface area (TPSA) is 93.1 Å². The summed E-state index contributed by atoms with van der Waals surface area (Å²) < 4.78 is 0. The molecule has 0 aliphatic carbocycles. The summed E-state index contributed by atoms with van der Waals surface area (Å²) in [5.74, 6) is -0.895. The van der Waals surface area contributed by atoms with Crippen molar-refractivity contribution in [2.75, 3.05) is 45.9 Å². The Morgan fingerprint density at radius 3 is 2.30 bits per heavy atom. The fraction of sp³-hybridized carbons (Fsp3) is 0.846. The highest BCUT2D eigenvalue weighted by atomic mass is 16.4. The minimum atomic E-state index is -0.922. The van der Waals surface area contributed by atoms with E-state index in [-0.39, 0.29) is 19.2 Å². The van der Waals surface area contributed by atoms with Crippen LogP contribution in [0.15, 0.2) is 0 Å². The van der Waals surface area contributed by atoms with Gasteiger partial charge in [0.15, 0.2) is 0 Å². The van der Waals surface area contributed by atoms with Crippen molar-refractivity contribution in [3.63, 3.8) is 0 Å². The van der Waals surface area contributed by atoms with E-state index < -0.39 is 11.4 Å². The Labute approximate surface area is 119 Å². The van der Waals surface area contributed by atoms with Crippen LogP contribution in [0.2, 0.25) is 0 Å². The molecule has 0 bridgehead atoms. The van der Waals surface area contributed by atoms with E-state index in [9.17, 15) is 9.59 Å². The molecule has 2 amide bonds. The fourth-order valence-electron chi connectivity index (χ4n) is 2.05. The zero-order valence-electron chi connectivity index (χ0n) is 12.3. The number of nitrogens with zero attached hydrogens (tertiary/aromatic N) is 2. The minimum absolute atomic E-state index is 0.125. The van der Waals surface area contributed by atoms with E-state index in [0.29, 0.717) is 26.1 Å². The van der Waals surface area contributed by atoms with Crippen LogP contribution in [0.1, 0.15) is 20.3 Å². The minimum Gasteiger partial charge on any atom is -0.481 e. The molecular formula is C13H25N3O4. The average Bonchev–Trinajstić information content (AvgIpc) is 2.45. The molecule has 1 unspecified atom stereocenters. The number of urea groups is 1. The number of carbonyl (C=O) groups excluding carboxylic acids is 1. The molecule has 7 nitrogen and oxygen atoms in total. The van der Waals surface area contributed by atoms with Gasteiger partial charge < -0.3 is 20.4 Å². The molecule has 3 N–H and O–H groups in total. The van der Waals surface area contributed by atoms with Crippen LogP contribution in [0.25, 0.3) is 0 Å². The lowest BCUT2D eigenvalue weighted by Crippen LogP contribution is -2.53. The third-order valence-electron chi connectivity index (χ3n) is 4.00. The molecule has 116 valence electrons. The van der Waals surface area contributed by atoms with Crippen molar-refractivity contribution in [2.24, 2.45) is 5.41 Å². The monoisotopic (exact) mass is 287 g/mol. The van der Waals surface area contributed by atoms with Crippen molar-refractivity contribution in [1.82, 2.24) is 15.1 Å². The van der Waals surface area contributed by atoms with E-state index in [2.05, 4.69) is 10.2 Å². The summed E-state index contributed by atoms with van der Waals surface area (Å²) in [4.78, 5) is 26.9. The summed E-state index contributed by atoms with van der Waals surface area (Å²) in [5, 5.41) is 20.7. The van der Waals surface area contributed by atoms with Crippen molar-refractivity contribution in [2.45, 2.75) is 20.3 Å². The van der Waals surface area contributed by atoms with Gasteiger partial charge in [-0.3, -0.25) is 9.69 Å². The van der Waals surface area contributed by atoms with Gasteiger partial charge in [-0.15, -0.1) is 0 Å². The van der Waals surface area contributed by atoms with Crippen molar-refractivity contribution < 1.29 is 19.8 Å². The number of aliphatic carboxylic acids is 1. The normalized spacial score (nSPS) is 19.4. The van der Waals surface area contributed by atoms with Crippen LogP contribution in [-0.2, 0) is 4.79 Å². The number of hydrogen-bond donors (Lipinski definition) is 3. The molecule has 1 rings (SSSR count). The van der Waals surface area contributed by atoms with Gasteiger partial charge in [0.2, 0.25) is 0 Å². The van der Waals surface area contributed by atoms with Gasteiger partial charge in [0.25, 0.3) is 0 Å². The number of rotatable bonds is 6. The molecule has 1 atom stereocenters. The highest BCUT2D eigenvalue weighted by Gasteiger charge is 2.32. The number of carboxylic acids is 1. The van der Waals surface area contributed by atoms with Gasteiger partial charge in [-0.1, -0.05) is 6.92 Å². The second-order valence-corrected chi connectivity index (χ2v) is 5.43. The Hall–Kier alpha value is -1.34. The molecule has 1 fully saturated rings. The second kappa shape index (κ2) is 7.44. The maximum absolute atomic E-state index is 12.0. The van der Waals surface area contributed by atoms with E-state index in [0.717, 1.165) is 13.1 Å². The molecule has 0 saturated carbocycles. The lowest BCUT2D eigenvalue weighted by molar-refractivity contribution is -0.147. The summed E-state index contributed by atoms with van der Waals surface area (Å²) in [6.45, 7) is 6.98. The van der Waals surface area contributed by atoms with E-state index in [1.54, 1.807) is 18.7 Å². The largest absolute Gasteiger partial charge is 0.481 e. The molecule has 0 radical (unpaired) electrons. The van der Waals surface area contributed by atoms with Crippen molar-refractivity contribution in [1.29, 1.82) is 0 Å². The molecule has 1 aliphatic rings. The van der Waals surface area contributed by atoms with Gasteiger partial charge >= 0.3 is 12.0 Å². The van der Waals surface area contributed by atoms with Gasteiger partial charge in [-0.05, 0) is 13.3 Å². The number of carbonyl (C=O) groups is 2. The average molecular weight is 287 g/mol. The van der Waals surface area contributed by atoms with Gasteiger partial charge in [0.1, 0.15) is 0 Å². The van der Waals surface area contributed by atoms with Crippen LogP contribution in [0.4, 0.5) is 4.79 Å². The highest BCUT2D eigenvalue weighted by molar-refractivity contribution is 5.78. The van der Waals surface area contributed by atoms with Crippen LogP contribution in [0.3, 0.4) is 0 Å². The number of hydrogen-bond acceptors (Lipinski definition) is 4. The Kier molecular flexibility index (Phi) is 6.22. The fourth-order valence-corrected chi connectivity index (χ4v) is 2.05. The maximum atomic E-state index is 12.0. The first-order valence-electron chi connectivity index (χ1n) is 7.02. The first kappa shape index (κ1) is 16.7. The molecule has 7 heteroatoms. The number of carboxylic acid groups (broad SMARTS) is 1. The Morgan fingerprint density at radius 1 is 1.25 bits per heavy atom. The third-order valence-corrected chi connectivity index (χ3v) is 4.00. The van der Waals surface area contributed by atoms with Crippen molar-refractivity contribution >= 4 is 12.0 Å². The lowest BCUT2D eigenvalue weighted by Gasteiger charge is -2.35. The molecule has 20 heavy (non-hydrogen) atoms. The summed E-state index contributed by atoms with van der Waals surface area (Å²) in [6.07, 6.45) is 0.465. The number of aliphatic hydroxyl groups excluding tert-OH is 1.